The number of para-hydroxylation sites is 1. The molecule has 5 rings (SSSR count). The van der Waals surface area contributed by atoms with Gasteiger partial charge in [0.1, 0.15) is 28.9 Å². The minimum absolute atomic E-state index is 0.388. The Balaban J connectivity index is 1.43. The second-order valence-corrected chi connectivity index (χ2v) is 11.3. The minimum atomic E-state index is -0.609. The summed E-state index contributed by atoms with van der Waals surface area (Å²) in [6.07, 6.45) is 2.00. The Kier molecular flexibility index (Phi) is 10.7. The van der Waals surface area contributed by atoms with Gasteiger partial charge in [-0.25, -0.2) is 19.7 Å². The van der Waals surface area contributed by atoms with E-state index < -0.39 is 6.09 Å². The molecular weight excluding hydrogens is 568 g/mol. The summed E-state index contributed by atoms with van der Waals surface area (Å²) in [5, 5.41) is 0. The minimum Gasteiger partial charge on any atom is -0.497 e. The molecular formula is C36H42N4O5. The number of anilines is 2. The van der Waals surface area contributed by atoms with Crippen LogP contribution in [0.3, 0.4) is 0 Å². The van der Waals surface area contributed by atoms with Crippen LogP contribution in [0.1, 0.15) is 40.2 Å². The largest absolute Gasteiger partial charge is 0.497 e. The van der Waals surface area contributed by atoms with E-state index in [1.54, 1.807) is 38.5 Å². The Morgan fingerprint density at radius 3 is 2.36 bits per heavy atom. The maximum Gasteiger partial charge on any atom is 0.425 e. The van der Waals surface area contributed by atoms with Crippen LogP contribution in [0.4, 0.5) is 16.3 Å². The summed E-state index contributed by atoms with van der Waals surface area (Å²) in [6.45, 7) is 10.4. The van der Waals surface area contributed by atoms with Gasteiger partial charge in [0, 0.05) is 37.3 Å². The first-order valence-corrected chi connectivity index (χ1v) is 15.4. The third kappa shape index (κ3) is 8.17. The number of benzene rings is 3. The maximum absolute atomic E-state index is 14.0. The third-order valence-electron chi connectivity index (χ3n) is 7.92. The van der Waals surface area contributed by atoms with Crippen LogP contribution in [0, 0.1) is 20.8 Å². The molecule has 9 heteroatoms. The van der Waals surface area contributed by atoms with Crippen LogP contribution in [0.25, 0.3) is 0 Å². The molecule has 1 saturated heterocycles. The molecule has 0 spiro atoms. The van der Waals surface area contributed by atoms with Crippen LogP contribution >= 0.6 is 0 Å². The molecule has 0 aliphatic carbocycles. The second-order valence-electron chi connectivity index (χ2n) is 11.3. The molecule has 45 heavy (non-hydrogen) atoms. The molecule has 4 aromatic rings. The van der Waals surface area contributed by atoms with E-state index >= 15 is 0 Å². The molecule has 2 heterocycles. The molecule has 0 radical (unpaired) electrons. The summed E-state index contributed by atoms with van der Waals surface area (Å²) in [4.78, 5) is 27.6. The van der Waals surface area contributed by atoms with Gasteiger partial charge in [-0.1, -0.05) is 42.5 Å². The number of aryl methyl sites for hydroxylation is 4. The van der Waals surface area contributed by atoms with Crippen molar-refractivity contribution >= 4 is 17.6 Å². The van der Waals surface area contributed by atoms with E-state index in [9.17, 15) is 4.79 Å². The van der Waals surface area contributed by atoms with Crippen molar-refractivity contribution in [1.82, 2.24) is 14.9 Å². The Morgan fingerprint density at radius 2 is 1.62 bits per heavy atom. The number of amides is 1. The third-order valence-corrected chi connectivity index (χ3v) is 7.92. The lowest BCUT2D eigenvalue weighted by Crippen LogP contribution is -2.36. The molecule has 0 bridgehead atoms. The van der Waals surface area contributed by atoms with Crippen molar-refractivity contribution in [3.8, 4) is 17.2 Å². The molecule has 1 fully saturated rings. The summed E-state index contributed by atoms with van der Waals surface area (Å²) in [5.74, 6) is 2.54. The van der Waals surface area contributed by atoms with E-state index in [0.29, 0.717) is 41.0 Å². The lowest BCUT2D eigenvalue weighted by molar-refractivity contribution is 0.0374. The fourth-order valence-electron chi connectivity index (χ4n) is 5.59. The van der Waals surface area contributed by atoms with Crippen molar-refractivity contribution in [3.63, 3.8) is 0 Å². The van der Waals surface area contributed by atoms with Crippen LogP contribution in [0.2, 0.25) is 0 Å². The van der Waals surface area contributed by atoms with Gasteiger partial charge in [0.05, 0.1) is 33.1 Å². The molecule has 1 aliphatic rings. The molecule has 1 amide bonds. The van der Waals surface area contributed by atoms with Crippen molar-refractivity contribution < 1.29 is 23.7 Å². The SMILES string of the molecule is COc1ccc(N(C(=O)Oc2c(C)cccc2C)c2cc(C)nc(Cc3cccc(CCCN4CCOCC4)c3)n2)c(OC)c1. The zero-order valence-electron chi connectivity index (χ0n) is 26.8. The van der Waals surface area contributed by atoms with Crippen LogP contribution in [0.5, 0.6) is 17.2 Å². The smallest absolute Gasteiger partial charge is 0.425 e. The van der Waals surface area contributed by atoms with Gasteiger partial charge in [0.15, 0.2) is 0 Å². The second kappa shape index (κ2) is 15.0. The van der Waals surface area contributed by atoms with Gasteiger partial charge in [0.25, 0.3) is 0 Å². The number of carbonyl (C=O) groups is 1. The Hall–Kier alpha value is -4.47. The standard InChI is InChI=1S/C36H42N4O5/c1-25-9-6-10-26(2)35(25)45-36(41)40(31-15-14-30(42-4)24-32(31)43-5)34-21-27(3)37-33(38-34)23-29-12-7-11-28(22-29)13-8-16-39-17-19-44-20-18-39/h6-7,9-12,14-15,21-22,24H,8,13,16-20,23H2,1-5H3. The van der Waals surface area contributed by atoms with Gasteiger partial charge in [0.2, 0.25) is 0 Å². The van der Waals surface area contributed by atoms with E-state index in [4.69, 9.17) is 28.9 Å². The monoisotopic (exact) mass is 610 g/mol. The number of carbonyl (C=O) groups excluding carboxylic acids is 1. The highest BCUT2D eigenvalue weighted by Gasteiger charge is 2.27. The fourth-order valence-corrected chi connectivity index (χ4v) is 5.59. The summed E-state index contributed by atoms with van der Waals surface area (Å²) in [5.41, 5.74) is 5.32. The number of hydrogen-bond donors (Lipinski definition) is 0. The molecule has 1 aromatic heterocycles. The Labute approximate surface area is 265 Å². The maximum atomic E-state index is 14.0. The normalized spacial score (nSPS) is 13.4. The zero-order valence-corrected chi connectivity index (χ0v) is 26.8. The number of rotatable bonds is 11. The highest BCUT2D eigenvalue weighted by molar-refractivity contribution is 5.98. The van der Waals surface area contributed by atoms with Crippen molar-refractivity contribution in [2.75, 3.05) is 52.0 Å². The quantitative estimate of drug-likeness (QED) is 0.188. The summed E-state index contributed by atoms with van der Waals surface area (Å²) in [6, 6.07) is 21.4. The van der Waals surface area contributed by atoms with Crippen molar-refractivity contribution in [1.29, 1.82) is 0 Å². The zero-order chi connectivity index (χ0) is 31.8. The van der Waals surface area contributed by atoms with Crippen LogP contribution < -0.4 is 19.1 Å². The molecule has 1 aliphatic heterocycles. The Bertz CT molecular complexity index is 1600. The van der Waals surface area contributed by atoms with Crippen molar-refractivity contribution in [2.45, 2.75) is 40.0 Å². The van der Waals surface area contributed by atoms with E-state index in [1.165, 1.54) is 10.5 Å². The topological polar surface area (TPSA) is 86.2 Å². The average molecular weight is 611 g/mol. The van der Waals surface area contributed by atoms with Crippen LogP contribution in [0.15, 0.2) is 66.7 Å². The highest BCUT2D eigenvalue weighted by atomic mass is 16.6. The molecule has 0 N–H and O–H groups in total. The lowest BCUT2D eigenvalue weighted by atomic mass is 10.0. The van der Waals surface area contributed by atoms with E-state index in [0.717, 1.165) is 68.1 Å². The van der Waals surface area contributed by atoms with Gasteiger partial charge >= 0.3 is 6.09 Å². The first-order valence-electron chi connectivity index (χ1n) is 15.4. The number of hydrogen-bond acceptors (Lipinski definition) is 8. The predicted molar refractivity (Wildman–Crippen MR) is 175 cm³/mol. The number of aromatic nitrogens is 2. The number of ether oxygens (including phenoxy) is 4. The molecule has 236 valence electrons. The fraction of sp³-hybridized carbons (Fsp3) is 0.361. The number of nitrogens with zero attached hydrogens (tertiary/aromatic N) is 4. The summed E-state index contributed by atoms with van der Waals surface area (Å²) >= 11 is 0. The van der Waals surface area contributed by atoms with Crippen LogP contribution in [-0.4, -0.2) is 68.0 Å². The van der Waals surface area contributed by atoms with Crippen molar-refractivity contribution in [3.05, 3.63) is 101 Å². The van der Waals surface area contributed by atoms with Crippen LogP contribution in [-0.2, 0) is 17.6 Å². The molecule has 3 aromatic carbocycles. The van der Waals surface area contributed by atoms with Crippen molar-refractivity contribution in [2.24, 2.45) is 0 Å². The van der Waals surface area contributed by atoms with E-state index in [1.807, 2.05) is 39.0 Å². The Morgan fingerprint density at radius 1 is 0.889 bits per heavy atom. The van der Waals surface area contributed by atoms with Gasteiger partial charge in [-0.15, -0.1) is 0 Å². The van der Waals surface area contributed by atoms with Gasteiger partial charge in [-0.3, -0.25) is 4.90 Å². The number of methoxy groups -OCH3 is 2. The molecule has 9 nitrogen and oxygen atoms in total. The number of morpholine rings is 1. The molecule has 0 atom stereocenters. The molecule has 0 unspecified atom stereocenters. The first-order chi connectivity index (χ1) is 21.8. The summed E-state index contributed by atoms with van der Waals surface area (Å²) in [7, 11) is 3.14. The van der Waals surface area contributed by atoms with Gasteiger partial charge < -0.3 is 18.9 Å². The summed E-state index contributed by atoms with van der Waals surface area (Å²) < 4.78 is 22.6. The average Bonchev–Trinajstić information content (AvgIpc) is 3.03. The highest BCUT2D eigenvalue weighted by Crippen LogP contribution is 2.37. The predicted octanol–water partition coefficient (Wildman–Crippen LogP) is 6.61. The first kappa shape index (κ1) is 31.9. The molecule has 0 saturated carbocycles. The van der Waals surface area contributed by atoms with E-state index in [-0.39, 0.29) is 0 Å². The van der Waals surface area contributed by atoms with E-state index in [2.05, 4.69) is 29.2 Å². The van der Waals surface area contributed by atoms with Gasteiger partial charge in [-0.2, -0.15) is 0 Å². The van der Waals surface area contributed by atoms with Gasteiger partial charge in [-0.05, 0) is 74.5 Å². The lowest BCUT2D eigenvalue weighted by Gasteiger charge is -2.26.